The van der Waals surface area contributed by atoms with Crippen LogP contribution in [0.2, 0.25) is 0 Å². The molecule has 1 saturated heterocycles. The van der Waals surface area contributed by atoms with Crippen molar-refractivity contribution in [2.45, 2.75) is 62.1 Å². The van der Waals surface area contributed by atoms with E-state index >= 15 is 0 Å². The summed E-state index contributed by atoms with van der Waals surface area (Å²) in [4.78, 5) is 0. The maximum Gasteiger partial charge on any atom is 0.123 e. The maximum atomic E-state index is 11.5. The predicted octanol–water partition coefficient (Wildman–Crippen LogP) is 2.33. The zero-order valence-corrected chi connectivity index (χ0v) is 15.4. The lowest BCUT2D eigenvalue weighted by molar-refractivity contribution is -0.0238. The van der Waals surface area contributed by atoms with E-state index in [1.807, 2.05) is 13.2 Å². The van der Waals surface area contributed by atoms with Gasteiger partial charge in [0.1, 0.15) is 5.75 Å². The average Bonchev–Trinajstić information content (AvgIpc) is 3.24. The Morgan fingerprint density at radius 3 is 2.85 bits per heavy atom. The standard InChI is InChI=1S/C20H26N4O2/c1-13-10-20(25,11-16(21-13)17-12-24(2)23-22-17)14-3-4-15-18(9-14)26-8-7-19(15)5-6-19/h3-4,9,12-13,16,21,25H,5-8,10-11H2,1-2H3/t13-,16-,20-/m0/s1. The van der Waals surface area contributed by atoms with Crippen LogP contribution in [-0.2, 0) is 18.1 Å². The van der Waals surface area contributed by atoms with Gasteiger partial charge in [0.05, 0.1) is 23.9 Å². The van der Waals surface area contributed by atoms with Gasteiger partial charge in [-0.2, -0.15) is 0 Å². The second-order valence-electron chi connectivity index (χ2n) is 8.47. The van der Waals surface area contributed by atoms with E-state index < -0.39 is 5.60 Å². The number of hydrogen-bond acceptors (Lipinski definition) is 5. The van der Waals surface area contributed by atoms with E-state index in [-0.39, 0.29) is 12.1 Å². The Labute approximate surface area is 153 Å². The van der Waals surface area contributed by atoms with Crippen LogP contribution in [0.15, 0.2) is 24.4 Å². The van der Waals surface area contributed by atoms with Crippen LogP contribution in [0.4, 0.5) is 0 Å². The van der Waals surface area contributed by atoms with Gasteiger partial charge in [-0.3, -0.25) is 4.68 Å². The van der Waals surface area contributed by atoms with E-state index in [9.17, 15) is 5.11 Å². The molecular weight excluding hydrogens is 328 g/mol. The molecule has 1 aromatic heterocycles. The van der Waals surface area contributed by atoms with Gasteiger partial charge < -0.3 is 15.2 Å². The van der Waals surface area contributed by atoms with Crippen LogP contribution >= 0.6 is 0 Å². The topological polar surface area (TPSA) is 72.2 Å². The average molecular weight is 354 g/mol. The Morgan fingerprint density at radius 2 is 2.12 bits per heavy atom. The van der Waals surface area contributed by atoms with Crippen molar-refractivity contribution in [3.8, 4) is 5.75 Å². The molecule has 3 atom stereocenters. The number of hydrogen-bond donors (Lipinski definition) is 2. The first-order valence-electron chi connectivity index (χ1n) is 9.60. The van der Waals surface area contributed by atoms with Gasteiger partial charge in [0.2, 0.25) is 0 Å². The van der Waals surface area contributed by atoms with Crippen molar-refractivity contribution in [1.82, 2.24) is 20.3 Å². The monoisotopic (exact) mass is 354 g/mol. The summed E-state index contributed by atoms with van der Waals surface area (Å²) in [6.07, 6.45) is 6.83. The molecule has 1 aliphatic carbocycles. The molecule has 138 valence electrons. The van der Waals surface area contributed by atoms with Crippen molar-refractivity contribution in [3.05, 3.63) is 41.2 Å². The molecule has 1 saturated carbocycles. The van der Waals surface area contributed by atoms with E-state index in [1.165, 1.54) is 18.4 Å². The van der Waals surface area contributed by atoms with Crippen molar-refractivity contribution in [2.24, 2.45) is 7.05 Å². The highest BCUT2D eigenvalue weighted by Crippen LogP contribution is 2.56. The van der Waals surface area contributed by atoms with E-state index in [4.69, 9.17) is 4.74 Å². The van der Waals surface area contributed by atoms with Crippen LogP contribution in [0, 0.1) is 0 Å². The lowest BCUT2D eigenvalue weighted by Crippen LogP contribution is -2.47. The highest BCUT2D eigenvalue weighted by Gasteiger charge is 2.48. The second-order valence-corrected chi connectivity index (χ2v) is 8.47. The third-order valence-corrected chi connectivity index (χ3v) is 6.43. The molecule has 2 aromatic rings. The van der Waals surface area contributed by atoms with Crippen molar-refractivity contribution in [1.29, 1.82) is 0 Å². The molecule has 3 aliphatic rings. The van der Waals surface area contributed by atoms with Gasteiger partial charge in [-0.05, 0) is 44.2 Å². The molecule has 2 aliphatic heterocycles. The molecular formula is C20H26N4O2. The molecule has 1 spiro atoms. The fourth-order valence-electron chi connectivity index (χ4n) is 4.87. The lowest BCUT2D eigenvalue weighted by Gasteiger charge is -2.41. The Bertz CT molecular complexity index is 844. The molecule has 2 fully saturated rings. The Morgan fingerprint density at radius 1 is 1.27 bits per heavy atom. The van der Waals surface area contributed by atoms with E-state index in [2.05, 4.69) is 40.8 Å². The summed E-state index contributed by atoms with van der Waals surface area (Å²) in [5, 5.41) is 23.4. The summed E-state index contributed by atoms with van der Waals surface area (Å²) in [5.74, 6) is 0.974. The Kier molecular flexibility index (Phi) is 3.46. The summed E-state index contributed by atoms with van der Waals surface area (Å²) in [5.41, 5.74) is 2.64. The van der Waals surface area contributed by atoms with Crippen LogP contribution in [0.1, 0.15) is 61.9 Å². The number of ether oxygens (including phenoxy) is 1. The van der Waals surface area contributed by atoms with Gasteiger partial charge in [0.15, 0.2) is 0 Å². The highest BCUT2D eigenvalue weighted by molar-refractivity contribution is 5.48. The van der Waals surface area contributed by atoms with Crippen LogP contribution < -0.4 is 10.1 Å². The zero-order chi connectivity index (χ0) is 17.9. The third-order valence-electron chi connectivity index (χ3n) is 6.43. The van der Waals surface area contributed by atoms with Crippen LogP contribution in [0.5, 0.6) is 5.75 Å². The minimum absolute atomic E-state index is 0.0100. The Hall–Kier alpha value is -1.92. The number of nitrogens with one attached hydrogen (secondary N) is 1. The predicted molar refractivity (Wildman–Crippen MR) is 96.9 cm³/mol. The van der Waals surface area contributed by atoms with Crippen molar-refractivity contribution < 1.29 is 9.84 Å². The van der Waals surface area contributed by atoms with Crippen LogP contribution in [-0.4, -0.2) is 32.7 Å². The number of benzene rings is 1. The molecule has 3 heterocycles. The number of rotatable bonds is 2. The molecule has 1 aromatic carbocycles. The quantitative estimate of drug-likeness (QED) is 0.866. The molecule has 26 heavy (non-hydrogen) atoms. The first kappa shape index (κ1) is 16.3. The number of aliphatic hydroxyl groups is 1. The molecule has 0 radical (unpaired) electrons. The van der Waals surface area contributed by atoms with Crippen molar-refractivity contribution in [2.75, 3.05) is 6.61 Å². The first-order chi connectivity index (χ1) is 12.5. The van der Waals surface area contributed by atoms with Crippen LogP contribution in [0.25, 0.3) is 0 Å². The van der Waals surface area contributed by atoms with Gasteiger partial charge >= 0.3 is 0 Å². The number of aryl methyl sites for hydroxylation is 1. The van der Waals surface area contributed by atoms with Gasteiger partial charge in [0, 0.05) is 36.7 Å². The fourth-order valence-corrected chi connectivity index (χ4v) is 4.87. The molecule has 5 rings (SSSR count). The number of aromatic nitrogens is 3. The summed E-state index contributed by atoms with van der Waals surface area (Å²) < 4.78 is 7.67. The fraction of sp³-hybridized carbons (Fsp3) is 0.600. The van der Waals surface area contributed by atoms with Gasteiger partial charge in [-0.25, -0.2) is 0 Å². The SMILES string of the molecule is C[C@H]1C[C@@](O)(c2ccc3c(c2)OCCC32CC2)C[C@@H](c2cn(C)nn2)N1. The summed E-state index contributed by atoms with van der Waals surface area (Å²) in [6, 6.07) is 6.56. The first-order valence-corrected chi connectivity index (χ1v) is 9.60. The summed E-state index contributed by atoms with van der Waals surface area (Å²) in [7, 11) is 1.86. The van der Waals surface area contributed by atoms with E-state index in [0.29, 0.717) is 18.3 Å². The van der Waals surface area contributed by atoms with Crippen molar-refractivity contribution in [3.63, 3.8) is 0 Å². The highest BCUT2D eigenvalue weighted by atomic mass is 16.5. The second kappa shape index (κ2) is 5.54. The number of nitrogens with zero attached hydrogens (tertiary/aromatic N) is 3. The number of fused-ring (bicyclic) bond motifs is 2. The number of piperidine rings is 1. The van der Waals surface area contributed by atoms with Gasteiger partial charge in [-0.15, -0.1) is 5.10 Å². The molecule has 0 bridgehead atoms. The molecule has 0 amide bonds. The summed E-state index contributed by atoms with van der Waals surface area (Å²) in [6.45, 7) is 2.90. The van der Waals surface area contributed by atoms with Crippen molar-refractivity contribution >= 4 is 0 Å². The zero-order valence-electron chi connectivity index (χ0n) is 15.4. The van der Waals surface area contributed by atoms with Gasteiger partial charge in [0.25, 0.3) is 0 Å². The van der Waals surface area contributed by atoms with Crippen LogP contribution in [0.3, 0.4) is 0 Å². The Balaban J connectivity index is 1.48. The van der Waals surface area contributed by atoms with Gasteiger partial charge in [-0.1, -0.05) is 17.3 Å². The molecule has 0 unspecified atom stereocenters. The normalized spacial score (nSPS) is 32.1. The minimum atomic E-state index is -0.889. The summed E-state index contributed by atoms with van der Waals surface area (Å²) >= 11 is 0. The minimum Gasteiger partial charge on any atom is -0.493 e. The lowest BCUT2D eigenvalue weighted by atomic mass is 9.77. The third kappa shape index (κ3) is 2.55. The smallest absolute Gasteiger partial charge is 0.123 e. The van der Waals surface area contributed by atoms with E-state index in [1.54, 1.807) is 4.68 Å². The van der Waals surface area contributed by atoms with E-state index in [0.717, 1.165) is 30.0 Å². The molecule has 6 heteroatoms. The molecule has 6 nitrogen and oxygen atoms in total. The molecule has 2 N–H and O–H groups in total. The largest absolute Gasteiger partial charge is 0.493 e. The maximum absolute atomic E-state index is 11.5.